The number of nitrogens with two attached hydrogens (primary N) is 1. The first-order chi connectivity index (χ1) is 17.8. The van der Waals surface area contributed by atoms with Gasteiger partial charge in [0.2, 0.25) is 17.7 Å². The summed E-state index contributed by atoms with van der Waals surface area (Å²) < 4.78 is 1.42. The minimum absolute atomic E-state index is 0.0166. The van der Waals surface area contributed by atoms with Crippen LogP contribution in [0.25, 0.3) is 5.69 Å². The van der Waals surface area contributed by atoms with Crippen molar-refractivity contribution in [3.05, 3.63) is 71.5 Å². The van der Waals surface area contributed by atoms with E-state index in [4.69, 9.17) is 5.73 Å². The Bertz CT molecular complexity index is 1420. The minimum atomic E-state index is -0.707. The Morgan fingerprint density at radius 2 is 1.89 bits per heavy atom. The summed E-state index contributed by atoms with van der Waals surface area (Å²) in [6.45, 7) is 0.297. The fourth-order valence-electron chi connectivity index (χ4n) is 4.51. The van der Waals surface area contributed by atoms with E-state index in [2.05, 4.69) is 15.6 Å². The molecule has 3 N–H and O–H groups in total. The Kier molecular flexibility index (Phi) is 6.22. The normalized spacial score (nSPS) is 16.9. The van der Waals surface area contributed by atoms with Crippen molar-refractivity contribution in [1.82, 2.24) is 25.2 Å². The summed E-state index contributed by atoms with van der Waals surface area (Å²) in [5, 5.41) is 10.4. The molecular weight excluding hydrogens is 478 g/mol. The molecule has 2 aliphatic rings. The molecular formula is C25H23N7O5. The van der Waals surface area contributed by atoms with Crippen molar-refractivity contribution in [1.29, 1.82) is 0 Å². The van der Waals surface area contributed by atoms with Gasteiger partial charge < -0.3 is 15.5 Å². The summed E-state index contributed by atoms with van der Waals surface area (Å²) in [4.78, 5) is 64.1. The number of hydrogen-bond donors (Lipinski definition) is 2. The van der Waals surface area contributed by atoms with E-state index in [0.717, 1.165) is 0 Å². The van der Waals surface area contributed by atoms with Gasteiger partial charge in [0, 0.05) is 37.2 Å². The molecule has 12 heteroatoms. The lowest BCUT2D eigenvalue weighted by Crippen LogP contribution is -2.52. The van der Waals surface area contributed by atoms with Crippen LogP contribution in [0.2, 0.25) is 0 Å². The molecule has 2 aliphatic heterocycles. The number of fused-ring (bicyclic) bond motifs is 1. The van der Waals surface area contributed by atoms with E-state index in [-0.39, 0.29) is 49.9 Å². The highest BCUT2D eigenvalue weighted by molar-refractivity contribution is 6.06. The Morgan fingerprint density at radius 3 is 2.62 bits per heavy atom. The van der Waals surface area contributed by atoms with E-state index in [1.54, 1.807) is 42.5 Å². The number of nitrogens with zero attached hydrogens (tertiary/aromatic N) is 5. The summed E-state index contributed by atoms with van der Waals surface area (Å²) in [5.74, 6) is -2.07. The number of benzene rings is 2. The molecule has 1 saturated heterocycles. The van der Waals surface area contributed by atoms with E-state index in [1.807, 2.05) is 6.07 Å². The number of anilines is 1. The first-order valence-corrected chi connectivity index (χ1v) is 11.7. The van der Waals surface area contributed by atoms with Crippen LogP contribution in [0.3, 0.4) is 0 Å². The highest BCUT2D eigenvalue weighted by Crippen LogP contribution is 2.29. The van der Waals surface area contributed by atoms with E-state index in [9.17, 15) is 24.0 Å². The van der Waals surface area contributed by atoms with Crippen molar-refractivity contribution in [3.63, 3.8) is 0 Å². The van der Waals surface area contributed by atoms with Crippen molar-refractivity contribution in [3.8, 4) is 5.69 Å². The number of amides is 5. The lowest BCUT2D eigenvalue weighted by atomic mass is 10.0. The van der Waals surface area contributed by atoms with Crippen molar-refractivity contribution in [2.75, 3.05) is 11.4 Å². The molecule has 0 radical (unpaired) electrons. The SMILES string of the molecule is NC(=O)CCN(C(=O)c1cn(-c2ccc3c(c2)CN(C2CCC(=O)NC2=O)C3=O)nn1)c1ccccc1. The molecule has 1 atom stereocenters. The summed E-state index contributed by atoms with van der Waals surface area (Å²) in [5.41, 5.74) is 7.68. The van der Waals surface area contributed by atoms with Gasteiger partial charge in [0.25, 0.3) is 11.8 Å². The smallest absolute Gasteiger partial charge is 0.280 e. The highest BCUT2D eigenvalue weighted by Gasteiger charge is 2.39. The van der Waals surface area contributed by atoms with Crippen LogP contribution < -0.4 is 16.0 Å². The number of piperidine rings is 1. The van der Waals surface area contributed by atoms with Gasteiger partial charge in [0.1, 0.15) is 6.04 Å². The van der Waals surface area contributed by atoms with Gasteiger partial charge in [-0.05, 0) is 42.3 Å². The number of carbonyl (C=O) groups is 5. The van der Waals surface area contributed by atoms with Gasteiger partial charge in [-0.25, -0.2) is 4.68 Å². The average molecular weight is 502 g/mol. The van der Waals surface area contributed by atoms with Gasteiger partial charge >= 0.3 is 0 Å². The fourth-order valence-corrected chi connectivity index (χ4v) is 4.51. The van der Waals surface area contributed by atoms with Gasteiger partial charge in [0.05, 0.1) is 11.9 Å². The second-order valence-corrected chi connectivity index (χ2v) is 8.80. The lowest BCUT2D eigenvalue weighted by molar-refractivity contribution is -0.137. The zero-order chi connectivity index (χ0) is 26.1. The maximum atomic E-state index is 13.2. The molecule has 1 aromatic heterocycles. The van der Waals surface area contributed by atoms with E-state index < -0.39 is 23.8 Å². The second kappa shape index (κ2) is 9.64. The van der Waals surface area contributed by atoms with Crippen LogP contribution in [-0.2, 0) is 20.9 Å². The highest BCUT2D eigenvalue weighted by atomic mass is 16.2. The Hall–Kier alpha value is -4.87. The second-order valence-electron chi connectivity index (χ2n) is 8.80. The molecule has 188 valence electrons. The summed E-state index contributed by atoms with van der Waals surface area (Å²) >= 11 is 0. The Labute approximate surface area is 211 Å². The third kappa shape index (κ3) is 4.68. The summed E-state index contributed by atoms with van der Waals surface area (Å²) in [6.07, 6.45) is 1.91. The molecule has 1 fully saturated rings. The number of aromatic nitrogens is 3. The van der Waals surface area contributed by atoms with Crippen LogP contribution in [0.1, 0.15) is 45.7 Å². The quantitative estimate of drug-likeness (QED) is 0.447. The standard InChI is InChI=1S/C25H23N7O5/c26-21(33)10-11-30(16-4-2-1-3-5-16)25(37)19-14-32(29-28-19)17-6-7-18-15(12-17)13-31(24(18)36)20-8-9-22(34)27-23(20)35/h1-7,12,14,20H,8-11,13H2,(H2,26,33)(H,27,34,35). The van der Waals surface area contributed by atoms with Crippen LogP contribution in [0.4, 0.5) is 5.69 Å². The van der Waals surface area contributed by atoms with Gasteiger partial charge in [-0.1, -0.05) is 23.4 Å². The fraction of sp³-hybridized carbons (Fsp3) is 0.240. The van der Waals surface area contributed by atoms with Gasteiger partial charge in [-0.15, -0.1) is 5.10 Å². The first-order valence-electron chi connectivity index (χ1n) is 11.7. The number of primary amides is 1. The Balaban J connectivity index is 1.36. The molecule has 0 bridgehead atoms. The largest absolute Gasteiger partial charge is 0.370 e. The molecule has 3 heterocycles. The molecule has 1 unspecified atom stereocenters. The van der Waals surface area contributed by atoms with Crippen molar-refractivity contribution in [2.45, 2.75) is 31.8 Å². The summed E-state index contributed by atoms with van der Waals surface area (Å²) in [6, 6.07) is 13.2. The molecule has 2 aromatic carbocycles. The molecule has 0 aliphatic carbocycles. The van der Waals surface area contributed by atoms with Crippen molar-refractivity contribution in [2.24, 2.45) is 5.73 Å². The van der Waals surface area contributed by atoms with E-state index in [1.165, 1.54) is 20.7 Å². The number of rotatable bonds is 7. The molecule has 0 spiro atoms. The molecule has 3 aromatic rings. The molecule has 5 amide bonds. The van der Waals surface area contributed by atoms with Gasteiger partial charge in [0.15, 0.2) is 5.69 Å². The first kappa shape index (κ1) is 23.9. The van der Waals surface area contributed by atoms with Crippen LogP contribution >= 0.6 is 0 Å². The topological polar surface area (TPSA) is 161 Å². The Morgan fingerprint density at radius 1 is 1.11 bits per heavy atom. The average Bonchev–Trinajstić information content (AvgIpc) is 3.50. The zero-order valence-electron chi connectivity index (χ0n) is 19.7. The third-order valence-electron chi connectivity index (χ3n) is 6.38. The molecule has 12 nitrogen and oxygen atoms in total. The van der Waals surface area contributed by atoms with E-state index >= 15 is 0 Å². The van der Waals surface area contributed by atoms with E-state index in [0.29, 0.717) is 22.5 Å². The number of imide groups is 1. The van der Waals surface area contributed by atoms with Crippen LogP contribution in [0.5, 0.6) is 0 Å². The monoisotopic (exact) mass is 501 g/mol. The number of hydrogen-bond acceptors (Lipinski definition) is 7. The van der Waals surface area contributed by atoms with Gasteiger partial charge in [-0.2, -0.15) is 0 Å². The molecule has 0 saturated carbocycles. The molecule has 37 heavy (non-hydrogen) atoms. The van der Waals surface area contributed by atoms with Crippen molar-refractivity contribution >= 4 is 35.2 Å². The maximum Gasteiger partial charge on any atom is 0.280 e. The number of carbonyl (C=O) groups excluding carboxylic acids is 5. The summed E-state index contributed by atoms with van der Waals surface area (Å²) in [7, 11) is 0. The maximum absolute atomic E-state index is 13.2. The third-order valence-corrected chi connectivity index (χ3v) is 6.38. The lowest BCUT2D eigenvalue weighted by Gasteiger charge is -2.29. The predicted octanol–water partition coefficient (Wildman–Crippen LogP) is 0.551. The van der Waals surface area contributed by atoms with Crippen LogP contribution in [0.15, 0.2) is 54.7 Å². The number of para-hydroxylation sites is 1. The zero-order valence-corrected chi connectivity index (χ0v) is 19.7. The number of nitrogens with one attached hydrogen (secondary N) is 1. The van der Waals surface area contributed by atoms with Crippen molar-refractivity contribution < 1.29 is 24.0 Å². The van der Waals surface area contributed by atoms with Crippen LogP contribution in [-0.4, -0.2) is 62.0 Å². The van der Waals surface area contributed by atoms with Crippen LogP contribution in [0, 0.1) is 0 Å². The van der Waals surface area contributed by atoms with Gasteiger partial charge in [-0.3, -0.25) is 29.3 Å². The minimum Gasteiger partial charge on any atom is -0.370 e. The molecule has 5 rings (SSSR count). The predicted molar refractivity (Wildman–Crippen MR) is 129 cm³/mol.